The number of aromatic nitrogens is 1. The molecule has 1 spiro atoms. The predicted molar refractivity (Wildman–Crippen MR) is 69.2 cm³/mol. The number of terminal acetylenes is 1. The Labute approximate surface area is 106 Å². The molecule has 4 heteroatoms. The van der Waals surface area contributed by atoms with Crippen molar-refractivity contribution in [1.29, 1.82) is 0 Å². The fraction of sp³-hybridized carbons (Fsp3) is 0.429. The highest BCUT2D eigenvalue weighted by Crippen LogP contribution is 2.35. The molecule has 18 heavy (non-hydrogen) atoms. The molecule has 1 aliphatic heterocycles. The van der Waals surface area contributed by atoms with Gasteiger partial charge in [-0.2, -0.15) is 0 Å². The summed E-state index contributed by atoms with van der Waals surface area (Å²) >= 11 is 0. The standard InChI is InChI=1S/C14H15N3O/c1-2-11-6-5-9-15-12(11)17-10-14(16-13(17)18)7-3-4-8-14/h1,5-6,9H,3-4,7-8,10H2,(H,16,18). The Kier molecular flexibility index (Phi) is 2.48. The Balaban J connectivity index is 1.94. The summed E-state index contributed by atoms with van der Waals surface area (Å²) in [6.07, 6.45) is 11.6. The third-order valence-electron chi connectivity index (χ3n) is 3.84. The van der Waals surface area contributed by atoms with Gasteiger partial charge in [0.1, 0.15) is 0 Å². The normalized spacial score (nSPS) is 21.1. The first-order valence-corrected chi connectivity index (χ1v) is 6.25. The molecule has 3 rings (SSSR count). The zero-order valence-electron chi connectivity index (χ0n) is 10.1. The number of rotatable bonds is 1. The minimum atomic E-state index is -0.0768. The number of hydrogen-bond acceptors (Lipinski definition) is 2. The molecule has 0 radical (unpaired) electrons. The first-order chi connectivity index (χ1) is 8.74. The first-order valence-electron chi connectivity index (χ1n) is 6.25. The average Bonchev–Trinajstić information content (AvgIpc) is 2.97. The molecule has 2 fully saturated rings. The summed E-state index contributed by atoms with van der Waals surface area (Å²) < 4.78 is 0. The monoisotopic (exact) mass is 241 g/mol. The molecule has 4 nitrogen and oxygen atoms in total. The highest BCUT2D eigenvalue weighted by molar-refractivity contribution is 5.95. The van der Waals surface area contributed by atoms with Crippen molar-refractivity contribution in [2.45, 2.75) is 31.2 Å². The van der Waals surface area contributed by atoms with Crippen molar-refractivity contribution < 1.29 is 4.79 Å². The SMILES string of the molecule is C#Cc1cccnc1N1CC2(CCCC2)NC1=O. The van der Waals surface area contributed by atoms with Gasteiger partial charge >= 0.3 is 6.03 Å². The number of hydrogen-bond donors (Lipinski definition) is 1. The quantitative estimate of drug-likeness (QED) is 0.763. The number of pyridine rings is 1. The molecule has 1 aromatic heterocycles. The predicted octanol–water partition coefficient (Wildman–Crippen LogP) is 1.91. The molecule has 0 atom stereocenters. The van der Waals surface area contributed by atoms with Crippen LogP contribution in [0.3, 0.4) is 0 Å². The smallest absolute Gasteiger partial charge is 0.323 e. The Hall–Kier alpha value is -2.02. The minimum Gasteiger partial charge on any atom is -0.330 e. The third-order valence-corrected chi connectivity index (χ3v) is 3.84. The molecule has 1 aromatic rings. The van der Waals surface area contributed by atoms with E-state index in [1.807, 2.05) is 6.07 Å². The summed E-state index contributed by atoms with van der Waals surface area (Å²) in [7, 11) is 0. The van der Waals surface area contributed by atoms with Gasteiger partial charge in [0, 0.05) is 6.20 Å². The van der Waals surface area contributed by atoms with Crippen LogP contribution < -0.4 is 10.2 Å². The molecule has 2 amide bonds. The second kappa shape index (κ2) is 4.02. The number of nitrogens with one attached hydrogen (secondary N) is 1. The fourth-order valence-electron chi connectivity index (χ4n) is 2.94. The van der Waals surface area contributed by atoms with E-state index in [1.54, 1.807) is 17.2 Å². The van der Waals surface area contributed by atoms with Gasteiger partial charge in [-0.15, -0.1) is 6.42 Å². The number of nitrogens with zero attached hydrogens (tertiary/aromatic N) is 2. The molecule has 1 N–H and O–H groups in total. The molecule has 1 saturated heterocycles. The average molecular weight is 241 g/mol. The van der Waals surface area contributed by atoms with E-state index >= 15 is 0 Å². The second-order valence-electron chi connectivity index (χ2n) is 5.02. The van der Waals surface area contributed by atoms with Gasteiger partial charge in [0.15, 0.2) is 5.82 Å². The second-order valence-corrected chi connectivity index (χ2v) is 5.02. The van der Waals surface area contributed by atoms with Crippen LogP contribution in [0.25, 0.3) is 0 Å². The molecular formula is C14H15N3O. The maximum atomic E-state index is 12.1. The van der Waals surface area contributed by atoms with Gasteiger partial charge in [0.05, 0.1) is 17.6 Å². The lowest BCUT2D eigenvalue weighted by Gasteiger charge is -2.22. The van der Waals surface area contributed by atoms with E-state index in [0.717, 1.165) is 12.8 Å². The van der Waals surface area contributed by atoms with Crippen LogP contribution in [0.1, 0.15) is 31.2 Å². The summed E-state index contributed by atoms with van der Waals surface area (Å²) in [5.74, 6) is 3.19. The van der Waals surface area contributed by atoms with Crippen molar-refractivity contribution in [1.82, 2.24) is 10.3 Å². The lowest BCUT2D eigenvalue weighted by Crippen LogP contribution is -2.40. The number of urea groups is 1. The topological polar surface area (TPSA) is 45.2 Å². The van der Waals surface area contributed by atoms with E-state index in [9.17, 15) is 4.79 Å². The van der Waals surface area contributed by atoms with Crippen molar-refractivity contribution in [3.05, 3.63) is 23.9 Å². The van der Waals surface area contributed by atoms with E-state index in [1.165, 1.54) is 12.8 Å². The van der Waals surface area contributed by atoms with Crippen molar-refractivity contribution in [2.75, 3.05) is 11.4 Å². The van der Waals surface area contributed by atoms with Gasteiger partial charge in [-0.25, -0.2) is 9.78 Å². The molecule has 2 aliphatic rings. The Morgan fingerprint density at radius 2 is 2.22 bits per heavy atom. The van der Waals surface area contributed by atoms with E-state index in [-0.39, 0.29) is 11.6 Å². The van der Waals surface area contributed by atoms with Crippen LogP contribution in [-0.2, 0) is 0 Å². The van der Waals surface area contributed by atoms with E-state index < -0.39 is 0 Å². The fourth-order valence-corrected chi connectivity index (χ4v) is 2.94. The van der Waals surface area contributed by atoms with Crippen LogP contribution in [-0.4, -0.2) is 23.1 Å². The van der Waals surface area contributed by atoms with Gasteiger partial charge in [-0.3, -0.25) is 4.90 Å². The van der Waals surface area contributed by atoms with Gasteiger partial charge in [0.25, 0.3) is 0 Å². The van der Waals surface area contributed by atoms with Crippen LogP contribution in [0.5, 0.6) is 0 Å². The summed E-state index contributed by atoms with van der Waals surface area (Å²) in [6, 6.07) is 3.53. The molecule has 1 saturated carbocycles. The third kappa shape index (κ3) is 1.63. The highest BCUT2D eigenvalue weighted by Gasteiger charge is 2.45. The van der Waals surface area contributed by atoms with E-state index in [2.05, 4.69) is 16.2 Å². The Morgan fingerprint density at radius 3 is 2.94 bits per heavy atom. The maximum absolute atomic E-state index is 12.1. The van der Waals surface area contributed by atoms with E-state index in [0.29, 0.717) is 17.9 Å². The van der Waals surface area contributed by atoms with E-state index in [4.69, 9.17) is 6.42 Å². The van der Waals surface area contributed by atoms with Gasteiger partial charge in [-0.1, -0.05) is 18.8 Å². The number of carbonyl (C=O) groups is 1. The van der Waals surface area contributed by atoms with Crippen LogP contribution >= 0.6 is 0 Å². The Bertz CT molecular complexity index is 526. The molecule has 0 bridgehead atoms. The van der Waals surface area contributed by atoms with Crippen LogP contribution in [0.15, 0.2) is 18.3 Å². The zero-order chi connectivity index (χ0) is 12.6. The largest absolute Gasteiger partial charge is 0.330 e. The van der Waals surface area contributed by atoms with Crippen molar-refractivity contribution >= 4 is 11.8 Å². The van der Waals surface area contributed by atoms with Crippen LogP contribution in [0.2, 0.25) is 0 Å². The van der Waals surface area contributed by atoms with Crippen LogP contribution in [0.4, 0.5) is 10.6 Å². The number of amides is 2. The molecule has 2 heterocycles. The van der Waals surface area contributed by atoms with Crippen molar-refractivity contribution in [2.24, 2.45) is 0 Å². The number of carbonyl (C=O) groups excluding carboxylic acids is 1. The molecule has 0 unspecified atom stereocenters. The molecule has 1 aliphatic carbocycles. The lowest BCUT2D eigenvalue weighted by atomic mass is 9.99. The summed E-state index contributed by atoms with van der Waals surface area (Å²) in [5.41, 5.74) is 0.614. The van der Waals surface area contributed by atoms with Crippen LogP contribution in [0, 0.1) is 12.3 Å². The minimum absolute atomic E-state index is 0.0551. The number of anilines is 1. The lowest BCUT2D eigenvalue weighted by molar-refractivity contribution is 0.247. The highest BCUT2D eigenvalue weighted by atomic mass is 16.2. The van der Waals surface area contributed by atoms with Gasteiger partial charge in [-0.05, 0) is 25.0 Å². The summed E-state index contributed by atoms with van der Waals surface area (Å²) in [5, 5.41) is 3.11. The zero-order valence-corrected chi connectivity index (χ0v) is 10.1. The van der Waals surface area contributed by atoms with Gasteiger partial charge < -0.3 is 5.32 Å². The summed E-state index contributed by atoms with van der Waals surface area (Å²) in [4.78, 5) is 18.1. The summed E-state index contributed by atoms with van der Waals surface area (Å²) in [6.45, 7) is 0.678. The van der Waals surface area contributed by atoms with Crippen molar-refractivity contribution in [3.63, 3.8) is 0 Å². The molecule has 0 aromatic carbocycles. The first kappa shape index (κ1) is 11.1. The van der Waals surface area contributed by atoms with Gasteiger partial charge in [0.2, 0.25) is 0 Å². The molecular weight excluding hydrogens is 226 g/mol. The Morgan fingerprint density at radius 1 is 1.44 bits per heavy atom. The van der Waals surface area contributed by atoms with Crippen molar-refractivity contribution in [3.8, 4) is 12.3 Å². The maximum Gasteiger partial charge on any atom is 0.323 e. The molecule has 92 valence electrons.